The zero-order valence-electron chi connectivity index (χ0n) is 10.6. The molecule has 0 radical (unpaired) electrons. The molecule has 6 heteroatoms. The van der Waals surface area contributed by atoms with Crippen molar-refractivity contribution in [3.8, 4) is 0 Å². The van der Waals surface area contributed by atoms with Gasteiger partial charge >= 0.3 is 0 Å². The molecule has 2 aliphatic rings. The standard InChI is InChI=1S/C12H19N3O2S/c1-18-12(6-2-3-7-12)8-13-11(17)9-4-5-10(16)15-14-9/h2-8H2,1H3,(H,13,17)(H,15,16). The van der Waals surface area contributed by atoms with Gasteiger partial charge in [0.2, 0.25) is 5.91 Å². The van der Waals surface area contributed by atoms with Crippen LogP contribution in [0.2, 0.25) is 0 Å². The maximum atomic E-state index is 11.9. The summed E-state index contributed by atoms with van der Waals surface area (Å²) in [5.74, 6) is -0.266. The van der Waals surface area contributed by atoms with Gasteiger partial charge in [0, 0.05) is 24.1 Å². The number of hydrogen-bond acceptors (Lipinski definition) is 4. The number of hydrazone groups is 1. The smallest absolute Gasteiger partial charge is 0.267 e. The molecule has 0 spiro atoms. The van der Waals surface area contributed by atoms with Crippen molar-refractivity contribution in [3.05, 3.63) is 0 Å². The van der Waals surface area contributed by atoms with Crippen molar-refractivity contribution >= 4 is 29.3 Å². The summed E-state index contributed by atoms with van der Waals surface area (Å²) < 4.78 is 0.203. The summed E-state index contributed by atoms with van der Waals surface area (Å²) in [4.78, 5) is 22.9. The predicted molar refractivity (Wildman–Crippen MR) is 72.5 cm³/mol. The van der Waals surface area contributed by atoms with Crippen LogP contribution in [0.3, 0.4) is 0 Å². The summed E-state index contributed by atoms with van der Waals surface area (Å²) in [6, 6.07) is 0. The van der Waals surface area contributed by atoms with Gasteiger partial charge in [0.15, 0.2) is 0 Å². The summed E-state index contributed by atoms with van der Waals surface area (Å²) in [7, 11) is 0. The highest BCUT2D eigenvalue weighted by molar-refractivity contribution is 8.00. The molecule has 0 aromatic rings. The molecule has 2 amide bonds. The molecule has 1 aliphatic carbocycles. The highest BCUT2D eigenvalue weighted by Crippen LogP contribution is 2.39. The lowest BCUT2D eigenvalue weighted by atomic mass is 10.1. The molecular weight excluding hydrogens is 250 g/mol. The molecule has 2 rings (SSSR count). The normalized spacial score (nSPS) is 22.3. The van der Waals surface area contributed by atoms with Crippen molar-refractivity contribution in [3.63, 3.8) is 0 Å². The number of nitrogens with one attached hydrogen (secondary N) is 2. The van der Waals surface area contributed by atoms with E-state index in [1.807, 2.05) is 11.8 Å². The van der Waals surface area contributed by atoms with Crippen LogP contribution in [-0.4, -0.2) is 35.1 Å². The molecule has 0 atom stereocenters. The van der Waals surface area contributed by atoms with Gasteiger partial charge in [-0.1, -0.05) is 12.8 Å². The Morgan fingerprint density at radius 3 is 2.72 bits per heavy atom. The van der Waals surface area contributed by atoms with Crippen LogP contribution in [0, 0.1) is 0 Å². The Kier molecular flexibility index (Phi) is 4.27. The van der Waals surface area contributed by atoms with E-state index in [0.717, 1.165) is 12.8 Å². The maximum Gasteiger partial charge on any atom is 0.267 e. The van der Waals surface area contributed by atoms with E-state index in [1.54, 1.807) is 0 Å². The second-order valence-corrected chi connectivity index (χ2v) is 6.14. The molecule has 1 saturated carbocycles. The number of hydrogen-bond donors (Lipinski definition) is 2. The molecule has 0 saturated heterocycles. The van der Waals surface area contributed by atoms with Gasteiger partial charge in [0.1, 0.15) is 5.71 Å². The molecule has 1 fully saturated rings. The summed E-state index contributed by atoms with van der Waals surface area (Å²) in [6.07, 6.45) is 7.70. The van der Waals surface area contributed by atoms with Crippen LogP contribution in [0.4, 0.5) is 0 Å². The molecule has 1 aliphatic heterocycles. The average molecular weight is 269 g/mol. The number of thioether (sulfide) groups is 1. The zero-order chi connectivity index (χ0) is 13.0. The second-order valence-electron chi connectivity index (χ2n) is 4.87. The van der Waals surface area contributed by atoms with Gasteiger partial charge in [-0.25, -0.2) is 5.43 Å². The van der Waals surface area contributed by atoms with Crippen LogP contribution in [-0.2, 0) is 9.59 Å². The van der Waals surface area contributed by atoms with Crippen molar-refractivity contribution in [1.82, 2.24) is 10.7 Å². The largest absolute Gasteiger partial charge is 0.350 e. The number of nitrogens with zero attached hydrogens (tertiary/aromatic N) is 1. The quantitative estimate of drug-likeness (QED) is 0.801. The zero-order valence-corrected chi connectivity index (χ0v) is 11.4. The van der Waals surface area contributed by atoms with E-state index in [0.29, 0.717) is 25.1 Å². The minimum Gasteiger partial charge on any atom is -0.350 e. The van der Waals surface area contributed by atoms with Crippen molar-refractivity contribution in [2.24, 2.45) is 5.10 Å². The van der Waals surface area contributed by atoms with Gasteiger partial charge in [0.25, 0.3) is 5.91 Å². The predicted octanol–water partition coefficient (Wildman–Crippen LogP) is 1.04. The lowest BCUT2D eigenvalue weighted by molar-refractivity contribution is -0.121. The third-order valence-corrected chi connectivity index (χ3v) is 5.10. The fraction of sp³-hybridized carbons (Fsp3) is 0.750. The molecule has 100 valence electrons. The molecule has 0 aromatic carbocycles. The van der Waals surface area contributed by atoms with Crippen LogP contribution in [0.25, 0.3) is 0 Å². The Hall–Kier alpha value is -1.04. The summed E-state index contributed by atoms with van der Waals surface area (Å²) in [6.45, 7) is 0.694. The van der Waals surface area contributed by atoms with Gasteiger partial charge in [0.05, 0.1) is 0 Å². The first-order chi connectivity index (χ1) is 8.65. The fourth-order valence-electron chi connectivity index (χ4n) is 2.45. The fourth-order valence-corrected chi connectivity index (χ4v) is 3.37. The Labute approximate surface area is 111 Å². The monoisotopic (exact) mass is 269 g/mol. The van der Waals surface area contributed by atoms with Crippen molar-refractivity contribution < 1.29 is 9.59 Å². The van der Waals surface area contributed by atoms with Crippen LogP contribution < -0.4 is 10.7 Å². The van der Waals surface area contributed by atoms with Crippen LogP contribution in [0.1, 0.15) is 38.5 Å². The van der Waals surface area contributed by atoms with E-state index < -0.39 is 0 Å². The first-order valence-electron chi connectivity index (χ1n) is 6.34. The maximum absolute atomic E-state index is 11.9. The van der Waals surface area contributed by atoms with Gasteiger partial charge in [-0.3, -0.25) is 9.59 Å². The highest BCUT2D eigenvalue weighted by Gasteiger charge is 2.33. The van der Waals surface area contributed by atoms with Gasteiger partial charge < -0.3 is 5.32 Å². The van der Waals surface area contributed by atoms with Crippen molar-refractivity contribution in [2.75, 3.05) is 12.8 Å². The number of amides is 2. The number of carbonyl (C=O) groups is 2. The Morgan fingerprint density at radius 2 is 2.17 bits per heavy atom. The lowest BCUT2D eigenvalue weighted by Gasteiger charge is -2.27. The summed E-state index contributed by atoms with van der Waals surface area (Å²) >= 11 is 1.84. The van der Waals surface area contributed by atoms with Crippen LogP contribution in [0.15, 0.2) is 5.10 Å². The van der Waals surface area contributed by atoms with E-state index in [9.17, 15) is 9.59 Å². The minimum atomic E-state index is -0.143. The van der Waals surface area contributed by atoms with E-state index >= 15 is 0 Å². The van der Waals surface area contributed by atoms with Gasteiger partial charge in [-0.05, 0) is 19.1 Å². The van der Waals surface area contributed by atoms with Crippen LogP contribution >= 0.6 is 11.8 Å². The van der Waals surface area contributed by atoms with E-state index in [2.05, 4.69) is 22.1 Å². The van der Waals surface area contributed by atoms with Crippen molar-refractivity contribution in [1.29, 1.82) is 0 Å². The molecule has 5 nitrogen and oxygen atoms in total. The number of rotatable bonds is 4. The summed E-state index contributed by atoms with van der Waals surface area (Å²) in [5.41, 5.74) is 2.78. The molecule has 1 heterocycles. The molecule has 2 N–H and O–H groups in total. The minimum absolute atomic E-state index is 0.122. The van der Waals surface area contributed by atoms with E-state index in [-0.39, 0.29) is 16.6 Å². The molecule has 0 bridgehead atoms. The van der Waals surface area contributed by atoms with Crippen molar-refractivity contribution in [2.45, 2.75) is 43.3 Å². The molecule has 0 unspecified atom stereocenters. The molecule has 18 heavy (non-hydrogen) atoms. The Balaban J connectivity index is 1.86. The van der Waals surface area contributed by atoms with E-state index in [4.69, 9.17) is 0 Å². The summed E-state index contributed by atoms with van der Waals surface area (Å²) in [5, 5.41) is 6.76. The topological polar surface area (TPSA) is 70.6 Å². The Morgan fingerprint density at radius 1 is 1.44 bits per heavy atom. The van der Waals surface area contributed by atoms with Crippen LogP contribution in [0.5, 0.6) is 0 Å². The average Bonchev–Trinajstić information content (AvgIpc) is 2.86. The molecular formula is C12H19N3O2S. The van der Waals surface area contributed by atoms with Gasteiger partial charge in [-0.15, -0.1) is 0 Å². The third-order valence-electron chi connectivity index (χ3n) is 3.69. The second kappa shape index (κ2) is 5.73. The molecule has 0 aromatic heterocycles. The number of carbonyl (C=O) groups excluding carboxylic acids is 2. The first-order valence-corrected chi connectivity index (χ1v) is 7.56. The lowest BCUT2D eigenvalue weighted by Crippen LogP contribution is -2.43. The highest BCUT2D eigenvalue weighted by atomic mass is 32.2. The van der Waals surface area contributed by atoms with E-state index in [1.165, 1.54) is 12.8 Å². The Bertz CT molecular complexity index is 376. The third kappa shape index (κ3) is 3.04. The first kappa shape index (κ1) is 13.4. The SMILES string of the molecule is CSC1(CNC(=O)C2=NNC(=O)CC2)CCCC1. The van der Waals surface area contributed by atoms with Gasteiger partial charge in [-0.2, -0.15) is 16.9 Å².